The van der Waals surface area contributed by atoms with E-state index in [0.717, 1.165) is 34.1 Å². The van der Waals surface area contributed by atoms with E-state index < -0.39 is 34.8 Å². The Morgan fingerprint density at radius 1 is 0.738 bits per heavy atom. The second kappa shape index (κ2) is 12.1. The number of rotatable bonds is 7. The fourth-order valence-electron chi connectivity index (χ4n) is 4.34. The Morgan fingerprint density at radius 3 is 2.14 bits per heavy atom. The SMILES string of the molecule is Cc1ccc(-c2cc(F)c(F)c(F)c2C(=O)Nc2cccc(C(=O)NCc3ccc(-c4ccc(C)nn4)cc3)c2)cc1. The van der Waals surface area contributed by atoms with Crippen molar-refractivity contribution in [2.24, 2.45) is 0 Å². The Hall–Kier alpha value is -5.31. The first-order valence-electron chi connectivity index (χ1n) is 13.0. The van der Waals surface area contributed by atoms with Crippen LogP contribution in [0.4, 0.5) is 18.9 Å². The van der Waals surface area contributed by atoms with Gasteiger partial charge in [-0.2, -0.15) is 10.2 Å². The molecule has 0 bridgehead atoms. The predicted octanol–water partition coefficient (Wildman–Crippen LogP) is 7.03. The van der Waals surface area contributed by atoms with Gasteiger partial charge in [-0.05, 0) is 61.4 Å². The molecule has 9 heteroatoms. The lowest BCUT2D eigenvalue weighted by Gasteiger charge is -2.14. The van der Waals surface area contributed by atoms with Gasteiger partial charge >= 0.3 is 0 Å². The van der Waals surface area contributed by atoms with Crippen LogP contribution in [0.15, 0.2) is 91.0 Å². The van der Waals surface area contributed by atoms with E-state index in [2.05, 4.69) is 20.8 Å². The predicted molar refractivity (Wildman–Crippen MR) is 154 cm³/mol. The van der Waals surface area contributed by atoms with Crippen LogP contribution in [0, 0.1) is 31.3 Å². The third-order valence-corrected chi connectivity index (χ3v) is 6.64. The molecule has 2 amide bonds. The summed E-state index contributed by atoms with van der Waals surface area (Å²) >= 11 is 0. The van der Waals surface area contributed by atoms with E-state index in [1.54, 1.807) is 36.4 Å². The van der Waals surface area contributed by atoms with E-state index in [1.807, 2.05) is 50.2 Å². The number of amides is 2. The number of hydrogen-bond acceptors (Lipinski definition) is 4. The first-order valence-corrected chi connectivity index (χ1v) is 13.0. The summed E-state index contributed by atoms with van der Waals surface area (Å²) in [5.74, 6) is -6.14. The van der Waals surface area contributed by atoms with Gasteiger partial charge in [0.15, 0.2) is 17.5 Å². The van der Waals surface area contributed by atoms with Crippen LogP contribution < -0.4 is 10.6 Å². The summed E-state index contributed by atoms with van der Waals surface area (Å²) in [5, 5.41) is 13.6. The molecule has 5 rings (SSSR count). The summed E-state index contributed by atoms with van der Waals surface area (Å²) in [6, 6.07) is 24.7. The van der Waals surface area contributed by atoms with Gasteiger partial charge in [-0.15, -0.1) is 0 Å². The highest BCUT2D eigenvalue weighted by atomic mass is 19.2. The minimum Gasteiger partial charge on any atom is -0.348 e. The third kappa shape index (κ3) is 6.20. The van der Waals surface area contributed by atoms with Crippen molar-refractivity contribution >= 4 is 17.5 Å². The van der Waals surface area contributed by atoms with Crippen LogP contribution in [0.3, 0.4) is 0 Å². The van der Waals surface area contributed by atoms with Crippen molar-refractivity contribution < 1.29 is 22.8 Å². The number of nitrogens with one attached hydrogen (secondary N) is 2. The fraction of sp³-hybridized carbons (Fsp3) is 0.0909. The van der Waals surface area contributed by atoms with Gasteiger partial charge in [-0.25, -0.2) is 13.2 Å². The monoisotopic (exact) mass is 566 g/mol. The lowest BCUT2D eigenvalue weighted by atomic mass is 9.97. The molecule has 0 aliphatic carbocycles. The van der Waals surface area contributed by atoms with Crippen molar-refractivity contribution in [3.8, 4) is 22.4 Å². The van der Waals surface area contributed by atoms with E-state index in [1.165, 1.54) is 12.1 Å². The second-order valence-electron chi connectivity index (χ2n) is 9.75. The van der Waals surface area contributed by atoms with Crippen LogP contribution in [0.2, 0.25) is 0 Å². The number of aromatic nitrogens is 2. The maximum atomic E-state index is 14.9. The van der Waals surface area contributed by atoms with Gasteiger partial charge in [0.05, 0.1) is 17.0 Å². The molecule has 6 nitrogen and oxygen atoms in total. The van der Waals surface area contributed by atoms with Crippen molar-refractivity contribution in [1.82, 2.24) is 15.5 Å². The van der Waals surface area contributed by atoms with Crippen molar-refractivity contribution in [2.75, 3.05) is 5.32 Å². The van der Waals surface area contributed by atoms with E-state index >= 15 is 0 Å². The maximum Gasteiger partial charge on any atom is 0.259 e. The van der Waals surface area contributed by atoms with Gasteiger partial charge in [-0.1, -0.05) is 60.2 Å². The smallest absolute Gasteiger partial charge is 0.259 e. The molecular weight excluding hydrogens is 541 g/mol. The van der Waals surface area contributed by atoms with Crippen LogP contribution in [-0.2, 0) is 6.54 Å². The summed E-state index contributed by atoms with van der Waals surface area (Å²) in [6.45, 7) is 3.95. The molecule has 0 spiro atoms. The van der Waals surface area contributed by atoms with Gasteiger partial charge in [0.25, 0.3) is 11.8 Å². The number of halogens is 3. The third-order valence-electron chi connectivity index (χ3n) is 6.64. The molecule has 1 heterocycles. The molecule has 2 N–H and O–H groups in total. The Morgan fingerprint density at radius 2 is 1.45 bits per heavy atom. The highest BCUT2D eigenvalue weighted by molar-refractivity contribution is 6.09. The zero-order valence-electron chi connectivity index (χ0n) is 22.7. The molecule has 1 aromatic heterocycles. The van der Waals surface area contributed by atoms with Gasteiger partial charge in [-0.3, -0.25) is 9.59 Å². The number of benzene rings is 4. The van der Waals surface area contributed by atoms with Crippen LogP contribution in [-0.4, -0.2) is 22.0 Å². The van der Waals surface area contributed by atoms with Crippen LogP contribution >= 0.6 is 0 Å². The molecular formula is C33H25F3N4O2. The Kier molecular flexibility index (Phi) is 8.10. The summed E-state index contributed by atoms with van der Waals surface area (Å²) in [7, 11) is 0. The topological polar surface area (TPSA) is 84.0 Å². The Balaban J connectivity index is 1.29. The van der Waals surface area contributed by atoms with Gasteiger partial charge < -0.3 is 10.6 Å². The zero-order chi connectivity index (χ0) is 29.8. The van der Waals surface area contributed by atoms with Gasteiger partial charge in [0, 0.05) is 28.9 Å². The molecule has 0 saturated carbocycles. The average molecular weight is 567 g/mol. The molecule has 0 radical (unpaired) electrons. The number of carbonyl (C=O) groups excluding carboxylic acids is 2. The molecule has 0 atom stereocenters. The van der Waals surface area contributed by atoms with Crippen molar-refractivity contribution in [2.45, 2.75) is 20.4 Å². The minimum absolute atomic E-state index is 0.0989. The molecule has 42 heavy (non-hydrogen) atoms. The van der Waals surface area contributed by atoms with Gasteiger partial charge in [0.1, 0.15) is 0 Å². The van der Waals surface area contributed by atoms with E-state index in [9.17, 15) is 22.8 Å². The quantitative estimate of drug-likeness (QED) is 0.207. The number of carbonyl (C=O) groups is 2. The number of hydrogen-bond donors (Lipinski definition) is 2. The molecule has 4 aromatic carbocycles. The van der Waals surface area contributed by atoms with Crippen LogP contribution in [0.25, 0.3) is 22.4 Å². The second-order valence-corrected chi connectivity index (χ2v) is 9.75. The minimum atomic E-state index is -1.75. The Bertz CT molecular complexity index is 1770. The normalized spacial score (nSPS) is 10.8. The van der Waals surface area contributed by atoms with Crippen LogP contribution in [0.5, 0.6) is 0 Å². The molecule has 210 valence electrons. The summed E-state index contributed by atoms with van der Waals surface area (Å²) < 4.78 is 43.2. The molecule has 0 saturated heterocycles. The molecule has 0 fully saturated rings. The lowest BCUT2D eigenvalue weighted by molar-refractivity contribution is 0.0949. The van der Waals surface area contributed by atoms with Crippen molar-refractivity contribution in [3.05, 3.63) is 136 Å². The van der Waals surface area contributed by atoms with E-state index in [4.69, 9.17) is 0 Å². The Labute approximate surface area is 240 Å². The van der Waals surface area contributed by atoms with Crippen molar-refractivity contribution in [1.29, 1.82) is 0 Å². The molecule has 0 unspecified atom stereocenters. The number of nitrogens with zero attached hydrogens (tertiary/aromatic N) is 2. The van der Waals surface area contributed by atoms with Gasteiger partial charge in [0.2, 0.25) is 0 Å². The summed E-state index contributed by atoms with van der Waals surface area (Å²) in [4.78, 5) is 26.0. The molecule has 0 aliphatic heterocycles. The van der Waals surface area contributed by atoms with Crippen LogP contribution in [0.1, 0.15) is 37.5 Å². The van der Waals surface area contributed by atoms with E-state index in [0.29, 0.717) is 5.56 Å². The fourth-order valence-corrected chi connectivity index (χ4v) is 4.34. The first-order chi connectivity index (χ1) is 20.2. The van der Waals surface area contributed by atoms with E-state index in [-0.39, 0.29) is 23.4 Å². The zero-order valence-corrected chi connectivity index (χ0v) is 22.7. The largest absolute Gasteiger partial charge is 0.348 e. The average Bonchev–Trinajstić information content (AvgIpc) is 2.99. The summed E-state index contributed by atoms with van der Waals surface area (Å²) in [6.07, 6.45) is 0. The maximum absolute atomic E-state index is 14.9. The highest BCUT2D eigenvalue weighted by Gasteiger charge is 2.25. The first kappa shape index (κ1) is 28.2. The molecule has 0 aliphatic rings. The van der Waals surface area contributed by atoms with Crippen molar-refractivity contribution in [3.63, 3.8) is 0 Å². The molecule has 5 aromatic rings. The summed E-state index contributed by atoms with van der Waals surface area (Å²) in [5.41, 5.74) is 4.23. The number of anilines is 1. The highest BCUT2D eigenvalue weighted by Crippen LogP contribution is 2.30. The lowest BCUT2D eigenvalue weighted by Crippen LogP contribution is -2.23. The number of aryl methyl sites for hydroxylation is 2. The standard InChI is InChI=1S/C33H25F3N4O2/c1-19-6-11-22(12-7-19)26-17-27(34)30(35)31(36)29(26)33(42)38-25-5-3-4-24(16-25)32(41)37-18-21-9-13-23(14-10-21)28-15-8-20(2)39-40-28/h3-17H,18H2,1-2H3,(H,37,41)(H,38,42).